The topological polar surface area (TPSA) is 100 Å². The first-order chi connectivity index (χ1) is 12.0. The summed E-state index contributed by atoms with van der Waals surface area (Å²) in [5.41, 5.74) is 0.895. The highest BCUT2D eigenvalue weighted by Crippen LogP contribution is 2.02. The summed E-state index contributed by atoms with van der Waals surface area (Å²) in [7, 11) is 0. The van der Waals surface area contributed by atoms with Crippen LogP contribution in [0.5, 0.6) is 0 Å². The molecule has 1 aromatic heterocycles. The van der Waals surface area contributed by atoms with Crippen molar-refractivity contribution in [2.24, 2.45) is 0 Å². The van der Waals surface area contributed by atoms with Crippen molar-refractivity contribution in [3.05, 3.63) is 59.8 Å². The first-order valence-corrected chi connectivity index (χ1v) is 7.64. The summed E-state index contributed by atoms with van der Waals surface area (Å²) >= 11 is 0. The van der Waals surface area contributed by atoms with Crippen LogP contribution in [0.1, 0.15) is 16.1 Å². The molecule has 0 fully saturated rings. The molecule has 0 saturated heterocycles. The minimum atomic E-state index is -0.510. The summed E-state index contributed by atoms with van der Waals surface area (Å²) in [6.45, 7) is -0.0865. The van der Waals surface area contributed by atoms with Crippen LogP contribution in [0.3, 0.4) is 0 Å². The molecule has 0 aliphatic rings. The van der Waals surface area contributed by atoms with E-state index in [9.17, 15) is 18.8 Å². The lowest BCUT2D eigenvalue weighted by molar-refractivity contribution is -0.125. The third-order valence-electron chi connectivity index (χ3n) is 3.25. The normalized spacial score (nSPS) is 10.1. The first-order valence-electron chi connectivity index (χ1n) is 7.64. The molecule has 0 aliphatic heterocycles. The van der Waals surface area contributed by atoms with Crippen molar-refractivity contribution >= 4 is 17.7 Å². The fourth-order valence-corrected chi connectivity index (χ4v) is 1.96. The molecule has 132 valence electrons. The molecule has 0 radical (unpaired) electrons. The Balaban J connectivity index is 1.58. The summed E-state index contributed by atoms with van der Waals surface area (Å²) in [5.74, 6) is -1.56. The van der Waals surface area contributed by atoms with Gasteiger partial charge in [-0.2, -0.15) is 0 Å². The Hall–Kier alpha value is -3.16. The van der Waals surface area contributed by atoms with E-state index in [4.69, 9.17) is 4.42 Å². The number of hydrogen-bond donors (Lipinski definition) is 3. The predicted octanol–water partition coefficient (Wildman–Crippen LogP) is 0.624. The van der Waals surface area contributed by atoms with Crippen LogP contribution >= 0.6 is 0 Å². The van der Waals surface area contributed by atoms with Crippen LogP contribution in [0, 0.1) is 5.82 Å². The summed E-state index contributed by atoms with van der Waals surface area (Å²) in [4.78, 5) is 34.8. The van der Waals surface area contributed by atoms with Crippen molar-refractivity contribution in [3.63, 3.8) is 0 Å². The molecule has 8 heteroatoms. The van der Waals surface area contributed by atoms with Gasteiger partial charge in [0.15, 0.2) is 5.76 Å². The molecule has 3 amide bonds. The minimum absolute atomic E-state index is 0.103. The molecular weight excluding hydrogens is 329 g/mol. The average molecular weight is 347 g/mol. The number of benzene rings is 1. The zero-order chi connectivity index (χ0) is 18.1. The smallest absolute Gasteiger partial charge is 0.287 e. The number of rotatable bonds is 8. The van der Waals surface area contributed by atoms with Crippen LogP contribution in [0.4, 0.5) is 4.39 Å². The van der Waals surface area contributed by atoms with Gasteiger partial charge in [-0.1, -0.05) is 12.1 Å². The van der Waals surface area contributed by atoms with Crippen LogP contribution < -0.4 is 16.0 Å². The third kappa shape index (κ3) is 6.46. The fraction of sp³-hybridized carbons (Fsp3) is 0.235. The van der Waals surface area contributed by atoms with Crippen molar-refractivity contribution < 1.29 is 23.2 Å². The van der Waals surface area contributed by atoms with Gasteiger partial charge in [0, 0.05) is 6.54 Å². The number of amides is 3. The van der Waals surface area contributed by atoms with E-state index < -0.39 is 11.8 Å². The maximum atomic E-state index is 12.8. The van der Waals surface area contributed by atoms with E-state index in [-0.39, 0.29) is 30.6 Å². The Bertz CT molecular complexity index is 714. The van der Waals surface area contributed by atoms with Gasteiger partial charge in [0.05, 0.1) is 19.4 Å². The SMILES string of the molecule is O=C(CNC(=O)CNC(=O)c1ccco1)NCCc1ccc(F)cc1. The Labute approximate surface area is 143 Å². The second kappa shape index (κ2) is 9.21. The molecule has 7 nitrogen and oxygen atoms in total. The number of halogens is 1. The number of furan rings is 1. The van der Waals surface area contributed by atoms with Gasteiger partial charge in [0.1, 0.15) is 5.82 Å². The largest absolute Gasteiger partial charge is 0.459 e. The maximum absolute atomic E-state index is 12.8. The molecule has 3 N–H and O–H groups in total. The molecule has 0 atom stereocenters. The van der Waals surface area contributed by atoms with Crippen LogP contribution in [-0.2, 0) is 16.0 Å². The second-order valence-corrected chi connectivity index (χ2v) is 5.16. The molecule has 1 aromatic carbocycles. The van der Waals surface area contributed by atoms with E-state index in [1.54, 1.807) is 18.2 Å². The van der Waals surface area contributed by atoms with Crippen molar-refractivity contribution in [1.29, 1.82) is 0 Å². The zero-order valence-corrected chi connectivity index (χ0v) is 13.4. The van der Waals surface area contributed by atoms with Crippen LogP contribution in [0.2, 0.25) is 0 Å². The Morgan fingerprint density at radius 1 is 0.920 bits per heavy atom. The lowest BCUT2D eigenvalue weighted by Gasteiger charge is -2.07. The molecule has 2 rings (SSSR count). The summed E-state index contributed by atoms with van der Waals surface area (Å²) in [6.07, 6.45) is 1.91. The van der Waals surface area contributed by atoms with E-state index in [1.165, 1.54) is 24.5 Å². The van der Waals surface area contributed by atoms with Crippen LogP contribution in [0.25, 0.3) is 0 Å². The van der Waals surface area contributed by atoms with Gasteiger partial charge in [-0.05, 0) is 36.2 Å². The van der Waals surface area contributed by atoms with Gasteiger partial charge >= 0.3 is 0 Å². The highest BCUT2D eigenvalue weighted by Gasteiger charge is 2.10. The highest BCUT2D eigenvalue weighted by atomic mass is 19.1. The summed E-state index contributed by atoms with van der Waals surface area (Å²) < 4.78 is 17.6. The molecule has 0 aliphatic carbocycles. The number of hydrogen-bond acceptors (Lipinski definition) is 4. The highest BCUT2D eigenvalue weighted by molar-refractivity contribution is 5.94. The van der Waals surface area contributed by atoms with Crippen molar-refractivity contribution in [2.45, 2.75) is 6.42 Å². The number of carbonyl (C=O) groups is 3. The standard InChI is InChI=1S/C17H18FN3O4/c18-13-5-3-12(4-6-13)7-8-19-15(22)10-20-16(23)11-21-17(24)14-2-1-9-25-14/h1-6,9H,7-8,10-11H2,(H,19,22)(H,20,23)(H,21,24). The maximum Gasteiger partial charge on any atom is 0.287 e. The van der Waals surface area contributed by atoms with Gasteiger partial charge in [-0.15, -0.1) is 0 Å². The molecule has 1 heterocycles. The van der Waals surface area contributed by atoms with Gasteiger partial charge < -0.3 is 20.4 Å². The zero-order valence-electron chi connectivity index (χ0n) is 13.4. The monoisotopic (exact) mass is 347 g/mol. The first kappa shape index (κ1) is 18.2. The molecule has 0 spiro atoms. The number of nitrogens with one attached hydrogen (secondary N) is 3. The van der Waals surface area contributed by atoms with E-state index >= 15 is 0 Å². The molecule has 0 saturated carbocycles. The van der Waals surface area contributed by atoms with E-state index in [1.807, 2.05) is 0 Å². The predicted molar refractivity (Wildman–Crippen MR) is 87.2 cm³/mol. The third-order valence-corrected chi connectivity index (χ3v) is 3.25. The van der Waals surface area contributed by atoms with Gasteiger partial charge in [0.25, 0.3) is 5.91 Å². The Kier molecular flexibility index (Phi) is 6.70. The van der Waals surface area contributed by atoms with Gasteiger partial charge in [-0.3, -0.25) is 14.4 Å². The second-order valence-electron chi connectivity index (χ2n) is 5.16. The van der Waals surface area contributed by atoms with E-state index in [2.05, 4.69) is 16.0 Å². The van der Waals surface area contributed by atoms with Crippen molar-refractivity contribution in [3.8, 4) is 0 Å². The summed E-state index contributed by atoms with van der Waals surface area (Å²) in [6, 6.07) is 9.03. The Morgan fingerprint density at radius 3 is 2.28 bits per heavy atom. The van der Waals surface area contributed by atoms with Gasteiger partial charge in [0.2, 0.25) is 11.8 Å². The van der Waals surface area contributed by atoms with E-state index in [0.717, 1.165) is 5.56 Å². The average Bonchev–Trinajstić information content (AvgIpc) is 3.14. The summed E-state index contributed by atoms with van der Waals surface area (Å²) in [5, 5.41) is 7.40. The van der Waals surface area contributed by atoms with Crippen LogP contribution in [-0.4, -0.2) is 37.4 Å². The Morgan fingerprint density at radius 2 is 1.60 bits per heavy atom. The molecule has 0 bridgehead atoms. The van der Waals surface area contributed by atoms with Crippen LogP contribution in [0.15, 0.2) is 47.1 Å². The van der Waals surface area contributed by atoms with Gasteiger partial charge in [-0.25, -0.2) is 4.39 Å². The lowest BCUT2D eigenvalue weighted by Crippen LogP contribution is -2.42. The quantitative estimate of drug-likeness (QED) is 0.652. The molecule has 2 aromatic rings. The van der Waals surface area contributed by atoms with E-state index in [0.29, 0.717) is 13.0 Å². The minimum Gasteiger partial charge on any atom is -0.459 e. The van der Waals surface area contributed by atoms with Crippen molar-refractivity contribution in [1.82, 2.24) is 16.0 Å². The number of carbonyl (C=O) groups excluding carboxylic acids is 3. The molecule has 0 unspecified atom stereocenters. The van der Waals surface area contributed by atoms with Crippen molar-refractivity contribution in [2.75, 3.05) is 19.6 Å². The fourth-order valence-electron chi connectivity index (χ4n) is 1.96. The molecule has 25 heavy (non-hydrogen) atoms. The molecular formula is C17H18FN3O4. The lowest BCUT2D eigenvalue weighted by atomic mass is 10.1.